The molecule has 0 aliphatic carbocycles. The minimum absolute atomic E-state index is 0.0583. The van der Waals surface area contributed by atoms with Crippen molar-refractivity contribution in [1.29, 1.82) is 0 Å². The first-order valence-electron chi connectivity index (χ1n) is 10.1. The molecule has 8 nitrogen and oxygen atoms in total. The van der Waals surface area contributed by atoms with Crippen LogP contribution in [0.2, 0.25) is 0 Å². The number of benzene rings is 1. The number of carbonyl (C=O) groups is 1. The number of aryl methyl sites for hydroxylation is 2. The van der Waals surface area contributed by atoms with E-state index >= 15 is 0 Å². The smallest absolute Gasteiger partial charge is 0.341 e. The molecule has 0 amide bonds. The topological polar surface area (TPSA) is 91.6 Å². The van der Waals surface area contributed by atoms with Gasteiger partial charge in [-0.1, -0.05) is 37.7 Å². The zero-order valence-corrected chi connectivity index (χ0v) is 18.7. The molecular formula is C22H24N4O4S. The number of rotatable bonds is 7. The molecule has 0 fully saturated rings. The summed E-state index contributed by atoms with van der Waals surface area (Å²) in [5.74, 6) is 2.17. The monoisotopic (exact) mass is 440 g/mol. The van der Waals surface area contributed by atoms with Crippen molar-refractivity contribution in [3.8, 4) is 0 Å². The van der Waals surface area contributed by atoms with Crippen molar-refractivity contribution in [1.82, 2.24) is 19.2 Å². The lowest BCUT2D eigenvalue weighted by atomic mass is 10.1. The van der Waals surface area contributed by atoms with Crippen molar-refractivity contribution in [2.24, 2.45) is 5.92 Å². The van der Waals surface area contributed by atoms with E-state index in [2.05, 4.69) is 24.0 Å². The van der Waals surface area contributed by atoms with Gasteiger partial charge >= 0.3 is 5.97 Å². The van der Waals surface area contributed by atoms with Gasteiger partial charge in [-0.3, -0.25) is 13.8 Å². The second-order valence-corrected chi connectivity index (χ2v) is 8.68. The minimum Gasteiger partial charge on any atom is -0.465 e. The van der Waals surface area contributed by atoms with Gasteiger partial charge in [-0.25, -0.2) is 4.79 Å². The number of hydrogen-bond acceptors (Lipinski definition) is 7. The zero-order chi connectivity index (χ0) is 22.1. The Morgan fingerprint density at radius 2 is 2.03 bits per heavy atom. The molecule has 9 heteroatoms. The highest BCUT2D eigenvalue weighted by Gasteiger charge is 2.19. The third-order valence-corrected chi connectivity index (χ3v) is 6.08. The Labute approximate surface area is 183 Å². The van der Waals surface area contributed by atoms with E-state index < -0.39 is 5.97 Å². The number of furan rings is 1. The minimum atomic E-state index is -0.425. The Morgan fingerprint density at radius 3 is 2.77 bits per heavy atom. The van der Waals surface area contributed by atoms with E-state index in [1.807, 2.05) is 28.7 Å². The van der Waals surface area contributed by atoms with E-state index in [9.17, 15) is 9.59 Å². The second kappa shape index (κ2) is 8.58. The second-order valence-electron chi connectivity index (χ2n) is 7.74. The predicted molar refractivity (Wildman–Crippen MR) is 119 cm³/mol. The maximum atomic E-state index is 13.1. The molecule has 162 valence electrons. The van der Waals surface area contributed by atoms with E-state index in [0.29, 0.717) is 51.6 Å². The van der Waals surface area contributed by atoms with Gasteiger partial charge < -0.3 is 9.15 Å². The Kier molecular flexibility index (Phi) is 5.86. The number of thioether (sulfide) groups is 1. The van der Waals surface area contributed by atoms with Gasteiger partial charge in [0.15, 0.2) is 5.16 Å². The van der Waals surface area contributed by atoms with Crippen LogP contribution < -0.4 is 5.56 Å². The first-order valence-corrected chi connectivity index (χ1v) is 11.1. The van der Waals surface area contributed by atoms with Gasteiger partial charge in [0.2, 0.25) is 5.78 Å². The SMILES string of the molecule is COC(=O)c1cc(CSc2nnc3n(CCC(C)C)c(=O)c4ccccc4n23)oc1C. The van der Waals surface area contributed by atoms with Crippen molar-refractivity contribution in [2.75, 3.05) is 7.11 Å². The van der Waals surface area contributed by atoms with Crippen LogP contribution in [0.5, 0.6) is 0 Å². The molecular weight excluding hydrogens is 416 g/mol. The molecule has 4 aromatic rings. The first-order chi connectivity index (χ1) is 14.9. The van der Waals surface area contributed by atoms with Crippen LogP contribution in [0.4, 0.5) is 0 Å². The Hall–Kier alpha value is -3.07. The molecule has 0 aliphatic heterocycles. The number of para-hydroxylation sites is 1. The summed E-state index contributed by atoms with van der Waals surface area (Å²) in [6.45, 7) is 6.56. The maximum Gasteiger partial charge on any atom is 0.341 e. The van der Waals surface area contributed by atoms with Crippen LogP contribution in [0.15, 0.2) is 44.7 Å². The number of ether oxygens (including phenoxy) is 1. The maximum absolute atomic E-state index is 13.1. The van der Waals surface area contributed by atoms with E-state index in [-0.39, 0.29) is 5.56 Å². The van der Waals surface area contributed by atoms with Gasteiger partial charge in [-0.05, 0) is 37.5 Å². The molecule has 3 aromatic heterocycles. The number of esters is 1. The van der Waals surface area contributed by atoms with Crippen LogP contribution in [-0.4, -0.2) is 32.2 Å². The van der Waals surface area contributed by atoms with E-state index in [1.54, 1.807) is 17.6 Å². The van der Waals surface area contributed by atoms with Crippen LogP contribution >= 0.6 is 11.8 Å². The average Bonchev–Trinajstić information content (AvgIpc) is 3.35. The molecule has 31 heavy (non-hydrogen) atoms. The lowest BCUT2D eigenvalue weighted by molar-refractivity contribution is 0.0599. The lowest BCUT2D eigenvalue weighted by Crippen LogP contribution is -2.24. The third kappa shape index (κ3) is 3.97. The number of nitrogens with zero attached hydrogens (tertiary/aromatic N) is 4. The van der Waals surface area contributed by atoms with Crippen LogP contribution in [0, 0.1) is 12.8 Å². The molecule has 3 heterocycles. The third-order valence-electron chi connectivity index (χ3n) is 5.13. The molecule has 0 radical (unpaired) electrons. The molecule has 0 spiro atoms. The molecule has 0 saturated carbocycles. The van der Waals surface area contributed by atoms with Gasteiger partial charge in [0, 0.05) is 6.54 Å². The highest BCUT2D eigenvalue weighted by molar-refractivity contribution is 7.98. The molecule has 0 atom stereocenters. The fourth-order valence-corrected chi connectivity index (χ4v) is 4.30. The number of hydrogen-bond donors (Lipinski definition) is 0. The van der Waals surface area contributed by atoms with Gasteiger partial charge in [-0.2, -0.15) is 0 Å². The highest BCUT2D eigenvalue weighted by atomic mass is 32.2. The molecule has 0 aliphatic rings. The number of fused-ring (bicyclic) bond motifs is 3. The fraction of sp³-hybridized carbons (Fsp3) is 0.364. The molecule has 1 aromatic carbocycles. The molecule has 4 rings (SSSR count). The molecule has 0 N–H and O–H groups in total. The van der Waals surface area contributed by atoms with Crippen molar-refractivity contribution in [2.45, 2.75) is 44.6 Å². The van der Waals surface area contributed by atoms with Crippen molar-refractivity contribution in [3.05, 3.63) is 57.8 Å². The summed E-state index contributed by atoms with van der Waals surface area (Å²) in [7, 11) is 1.34. The Morgan fingerprint density at radius 1 is 1.26 bits per heavy atom. The normalized spacial score (nSPS) is 11.6. The summed E-state index contributed by atoms with van der Waals surface area (Å²) < 4.78 is 14.1. The van der Waals surface area contributed by atoms with Gasteiger partial charge in [0.1, 0.15) is 17.1 Å². The first kappa shape index (κ1) is 21.2. The Bertz CT molecular complexity index is 1320. The number of aromatic nitrogens is 4. The van der Waals surface area contributed by atoms with Crippen LogP contribution in [-0.2, 0) is 17.0 Å². The number of methoxy groups -OCH3 is 1. The van der Waals surface area contributed by atoms with Crippen LogP contribution in [0.25, 0.3) is 16.7 Å². The summed E-state index contributed by atoms with van der Waals surface area (Å²) in [5, 5.41) is 9.97. The Balaban J connectivity index is 1.74. The standard InChI is InChI=1S/C22H24N4O4S/c1-13(2)9-10-25-19(27)16-7-5-6-8-18(16)26-21(25)23-24-22(26)31-12-15-11-17(14(3)30-15)20(28)29-4/h5-8,11,13H,9-10,12H2,1-4H3. The largest absolute Gasteiger partial charge is 0.465 e. The van der Waals surface area contributed by atoms with Crippen molar-refractivity contribution in [3.63, 3.8) is 0 Å². The van der Waals surface area contributed by atoms with Crippen molar-refractivity contribution >= 4 is 34.4 Å². The lowest BCUT2D eigenvalue weighted by Gasteiger charge is -2.12. The van der Waals surface area contributed by atoms with Crippen molar-refractivity contribution < 1.29 is 13.9 Å². The molecule has 0 bridgehead atoms. The van der Waals surface area contributed by atoms with Gasteiger partial charge in [-0.15, -0.1) is 10.2 Å². The molecule has 0 saturated heterocycles. The summed E-state index contributed by atoms with van der Waals surface area (Å²) in [5.41, 5.74) is 1.12. The van der Waals surface area contributed by atoms with Crippen LogP contribution in [0.1, 0.15) is 42.1 Å². The highest BCUT2D eigenvalue weighted by Crippen LogP contribution is 2.27. The fourth-order valence-electron chi connectivity index (χ4n) is 3.48. The number of carbonyl (C=O) groups excluding carboxylic acids is 1. The molecule has 0 unspecified atom stereocenters. The van der Waals surface area contributed by atoms with Gasteiger partial charge in [0.05, 0.1) is 23.8 Å². The summed E-state index contributed by atoms with van der Waals surface area (Å²) >= 11 is 1.43. The predicted octanol–water partition coefficient (Wildman–Crippen LogP) is 4.07. The zero-order valence-electron chi connectivity index (χ0n) is 17.9. The van der Waals surface area contributed by atoms with E-state index in [0.717, 1.165) is 11.9 Å². The van der Waals surface area contributed by atoms with Gasteiger partial charge in [0.25, 0.3) is 5.56 Å². The average molecular weight is 441 g/mol. The van der Waals surface area contributed by atoms with Crippen LogP contribution in [0.3, 0.4) is 0 Å². The summed E-state index contributed by atoms with van der Waals surface area (Å²) in [6.07, 6.45) is 0.866. The quantitative estimate of drug-likeness (QED) is 0.316. The van der Waals surface area contributed by atoms with E-state index in [4.69, 9.17) is 9.15 Å². The summed E-state index contributed by atoms with van der Waals surface area (Å²) in [4.78, 5) is 24.9. The summed E-state index contributed by atoms with van der Waals surface area (Å²) in [6, 6.07) is 9.17. The van der Waals surface area contributed by atoms with E-state index in [1.165, 1.54) is 18.9 Å².